The molecule has 1 aliphatic rings. The van der Waals surface area contributed by atoms with Gasteiger partial charge in [-0.1, -0.05) is 35.9 Å². The Hall–Kier alpha value is -3.71. The summed E-state index contributed by atoms with van der Waals surface area (Å²) in [7, 11) is 0. The van der Waals surface area contributed by atoms with E-state index >= 15 is 0 Å². The van der Waals surface area contributed by atoms with Crippen molar-refractivity contribution in [3.05, 3.63) is 82.4 Å². The topological polar surface area (TPSA) is 88.7 Å². The number of rotatable bonds is 7. The highest BCUT2D eigenvalue weighted by molar-refractivity contribution is 6.31. The summed E-state index contributed by atoms with van der Waals surface area (Å²) in [5, 5.41) is 9.35. The van der Waals surface area contributed by atoms with Crippen molar-refractivity contribution >= 4 is 34.8 Å². The van der Waals surface area contributed by atoms with Crippen LogP contribution in [0.1, 0.15) is 21.5 Å². The van der Waals surface area contributed by atoms with E-state index in [-0.39, 0.29) is 25.2 Å². The van der Waals surface area contributed by atoms with Crippen LogP contribution in [0.15, 0.2) is 60.7 Å². The molecule has 1 heterocycles. The highest BCUT2D eigenvalue weighted by atomic mass is 35.5. The Kier molecular flexibility index (Phi) is 6.47. The first-order chi connectivity index (χ1) is 15.5. The number of carbonyl (C=O) groups is 2. The monoisotopic (exact) mass is 451 g/mol. The Morgan fingerprint density at radius 3 is 2.62 bits per heavy atom. The van der Waals surface area contributed by atoms with Gasteiger partial charge in [-0.2, -0.15) is 0 Å². The molecule has 0 spiro atoms. The van der Waals surface area contributed by atoms with Gasteiger partial charge in [-0.25, -0.2) is 0 Å². The van der Waals surface area contributed by atoms with Gasteiger partial charge in [0, 0.05) is 22.9 Å². The molecule has 0 saturated carbocycles. The lowest BCUT2D eigenvalue weighted by atomic mass is 10.1. The number of ether oxygens (including phenoxy) is 2. The van der Waals surface area contributed by atoms with Crippen molar-refractivity contribution in [1.82, 2.24) is 5.32 Å². The van der Waals surface area contributed by atoms with Gasteiger partial charge in [0.1, 0.15) is 0 Å². The SMILES string of the molecule is Cc1c(Cl)cccc1NC(=O)CNc1ccccc1C(=O)NCc1ccc2c(c1)OCO2. The average Bonchev–Trinajstić information content (AvgIpc) is 3.27. The van der Waals surface area contributed by atoms with Gasteiger partial charge >= 0.3 is 0 Å². The Labute approximate surface area is 190 Å². The minimum absolute atomic E-state index is 0.00158. The maximum atomic E-state index is 12.8. The number of nitrogens with one attached hydrogen (secondary N) is 3. The molecule has 0 aromatic heterocycles. The van der Waals surface area contributed by atoms with Crippen LogP contribution in [-0.2, 0) is 11.3 Å². The Bertz CT molecular complexity index is 1170. The van der Waals surface area contributed by atoms with Crippen LogP contribution in [0.25, 0.3) is 0 Å². The van der Waals surface area contributed by atoms with E-state index in [1.165, 1.54) is 0 Å². The lowest BCUT2D eigenvalue weighted by Crippen LogP contribution is -2.26. The number of hydrogen-bond acceptors (Lipinski definition) is 5. The fourth-order valence-electron chi connectivity index (χ4n) is 3.28. The molecule has 0 fully saturated rings. The Morgan fingerprint density at radius 2 is 1.75 bits per heavy atom. The maximum Gasteiger partial charge on any atom is 0.253 e. The molecule has 0 bridgehead atoms. The first-order valence-corrected chi connectivity index (χ1v) is 10.4. The Morgan fingerprint density at radius 1 is 0.969 bits per heavy atom. The van der Waals surface area contributed by atoms with Crippen LogP contribution in [0.2, 0.25) is 5.02 Å². The molecule has 3 N–H and O–H groups in total. The zero-order chi connectivity index (χ0) is 22.5. The molecule has 0 atom stereocenters. The van der Waals surface area contributed by atoms with E-state index in [0.717, 1.165) is 11.1 Å². The number of hydrogen-bond donors (Lipinski definition) is 3. The number of benzene rings is 3. The molecule has 164 valence electrons. The van der Waals surface area contributed by atoms with Gasteiger partial charge in [-0.15, -0.1) is 0 Å². The standard InChI is InChI=1S/C24H22ClN3O4/c1-15-18(25)6-4-8-19(15)28-23(29)13-26-20-7-3-2-5-17(20)24(30)27-12-16-9-10-21-22(11-16)32-14-31-21/h2-11,26H,12-14H2,1H3,(H,27,30)(H,28,29). The van der Waals surface area contributed by atoms with E-state index in [0.29, 0.717) is 40.0 Å². The minimum atomic E-state index is -0.253. The second-order valence-electron chi connectivity index (χ2n) is 7.23. The molecule has 0 aliphatic carbocycles. The molecular weight excluding hydrogens is 430 g/mol. The molecule has 0 radical (unpaired) electrons. The maximum absolute atomic E-state index is 12.8. The second kappa shape index (κ2) is 9.62. The van der Waals surface area contributed by atoms with Crippen LogP contribution >= 0.6 is 11.6 Å². The molecule has 7 nitrogen and oxygen atoms in total. The van der Waals surface area contributed by atoms with Crippen LogP contribution in [0.5, 0.6) is 11.5 Å². The van der Waals surface area contributed by atoms with Crippen molar-refractivity contribution in [3.63, 3.8) is 0 Å². The molecule has 2 amide bonds. The molecule has 4 rings (SSSR count). The third kappa shape index (κ3) is 4.95. The van der Waals surface area contributed by atoms with E-state index < -0.39 is 0 Å². The quantitative estimate of drug-likeness (QED) is 0.496. The predicted molar refractivity (Wildman–Crippen MR) is 123 cm³/mol. The number of carbonyl (C=O) groups excluding carboxylic acids is 2. The summed E-state index contributed by atoms with van der Waals surface area (Å²) in [5.74, 6) is 0.864. The summed E-state index contributed by atoms with van der Waals surface area (Å²) in [4.78, 5) is 25.2. The number of halogens is 1. The molecule has 3 aromatic carbocycles. The molecular formula is C24H22ClN3O4. The van der Waals surface area contributed by atoms with Crippen LogP contribution in [0.4, 0.5) is 11.4 Å². The third-order valence-electron chi connectivity index (χ3n) is 5.04. The highest BCUT2D eigenvalue weighted by Crippen LogP contribution is 2.32. The van der Waals surface area contributed by atoms with Gasteiger partial charge in [0.2, 0.25) is 12.7 Å². The van der Waals surface area contributed by atoms with Crippen molar-refractivity contribution in [2.45, 2.75) is 13.5 Å². The molecule has 3 aromatic rings. The fourth-order valence-corrected chi connectivity index (χ4v) is 3.45. The van der Waals surface area contributed by atoms with E-state index in [9.17, 15) is 9.59 Å². The zero-order valence-corrected chi connectivity index (χ0v) is 18.2. The number of anilines is 2. The molecule has 8 heteroatoms. The van der Waals surface area contributed by atoms with E-state index in [1.54, 1.807) is 42.5 Å². The largest absolute Gasteiger partial charge is 0.454 e. The van der Waals surface area contributed by atoms with Crippen molar-refractivity contribution < 1.29 is 19.1 Å². The lowest BCUT2D eigenvalue weighted by Gasteiger charge is -2.13. The number of para-hydroxylation sites is 1. The van der Waals surface area contributed by atoms with Crippen molar-refractivity contribution in [2.24, 2.45) is 0 Å². The van der Waals surface area contributed by atoms with Gasteiger partial charge in [0.25, 0.3) is 5.91 Å². The van der Waals surface area contributed by atoms with Gasteiger partial charge < -0.3 is 25.4 Å². The minimum Gasteiger partial charge on any atom is -0.454 e. The fraction of sp³-hybridized carbons (Fsp3) is 0.167. The van der Waals surface area contributed by atoms with Crippen LogP contribution in [0.3, 0.4) is 0 Å². The summed E-state index contributed by atoms with van der Waals surface area (Å²) < 4.78 is 10.7. The third-order valence-corrected chi connectivity index (χ3v) is 5.45. The first-order valence-electron chi connectivity index (χ1n) is 10.1. The molecule has 1 aliphatic heterocycles. The molecule has 32 heavy (non-hydrogen) atoms. The van der Waals surface area contributed by atoms with E-state index in [4.69, 9.17) is 21.1 Å². The average molecular weight is 452 g/mol. The van der Waals surface area contributed by atoms with Crippen LogP contribution in [-0.4, -0.2) is 25.2 Å². The van der Waals surface area contributed by atoms with Crippen molar-refractivity contribution in [2.75, 3.05) is 24.0 Å². The predicted octanol–water partition coefficient (Wildman–Crippen LogP) is 4.36. The van der Waals surface area contributed by atoms with Crippen molar-refractivity contribution in [3.8, 4) is 11.5 Å². The second-order valence-corrected chi connectivity index (χ2v) is 7.64. The smallest absolute Gasteiger partial charge is 0.253 e. The lowest BCUT2D eigenvalue weighted by molar-refractivity contribution is -0.114. The summed E-state index contributed by atoms with van der Waals surface area (Å²) in [5.41, 5.74) is 3.35. The number of fused-ring (bicyclic) bond motifs is 1. The van der Waals surface area contributed by atoms with Gasteiger partial charge in [0.05, 0.1) is 12.1 Å². The summed E-state index contributed by atoms with van der Waals surface area (Å²) >= 11 is 6.10. The van der Waals surface area contributed by atoms with E-state index in [2.05, 4.69) is 16.0 Å². The Balaban J connectivity index is 1.36. The molecule has 0 unspecified atom stereocenters. The first kappa shape index (κ1) is 21.5. The summed E-state index contributed by atoms with van der Waals surface area (Å²) in [6.45, 7) is 2.37. The molecule has 0 saturated heterocycles. The van der Waals surface area contributed by atoms with Gasteiger partial charge in [-0.05, 0) is 54.4 Å². The summed E-state index contributed by atoms with van der Waals surface area (Å²) in [6, 6.07) is 17.9. The van der Waals surface area contributed by atoms with Gasteiger partial charge in [-0.3, -0.25) is 9.59 Å². The normalized spacial score (nSPS) is 11.7. The summed E-state index contributed by atoms with van der Waals surface area (Å²) in [6.07, 6.45) is 0. The van der Waals surface area contributed by atoms with Crippen molar-refractivity contribution in [1.29, 1.82) is 0 Å². The van der Waals surface area contributed by atoms with Crippen LogP contribution in [0, 0.1) is 6.92 Å². The zero-order valence-electron chi connectivity index (χ0n) is 17.4. The van der Waals surface area contributed by atoms with Crippen LogP contribution < -0.4 is 25.4 Å². The highest BCUT2D eigenvalue weighted by Gasteiger charge is 2.15. The van der Waals surface area contributed by atoms with E-state index in [1.807, 2.05) is 25.1 Å². The number of amides is 2. The van der Waals surface area contributed by atoms with Gasteiger partial charge in [0.15, 0.2) is 11.5 Å².